The van der Waals surface area contributed by atoms with Gasteiger partial charge in [0.15, 0.2) is 0 Å². The topological polar surface area (TPSA) is 66.9 Å². The molecule has 2 rings (SSSR count). The van der Waals surface area contributed by atoms with E-state index in [4.69, 9.17) is 0 Å². The Kier molecular flexibility index (Phi) is 3.27. The quantitative estimate of drug-likeness (QED) is 0.785. The molecule has 82 valence electrons. The number of rotatable bonds is 2. The molecule has 15 heavy (non-hydrogen) atoms. The molecule has 0 bridgehead atoms. The summed E-state index contributed by atoms with van der Waals surface area (Å²) in [5.41, 5.74) is 1.61. The van der Waals surface area contributed by atoms with Gasteiger partial charge in [-0.25, -0.2) is 0 Å². The van der Waals surface area contributed by atoms with Crippen molar-refractivity contribution < 1.29 is 4.79 Å². The number of nitrogens with one attached hydrogen (secondary N) is 2. The number of hydrogen-bond acceptors (Lipinski definition) is 5. The third kappa shape index (κ3) is 2.73. The monoisotopic (exact) mass is 226 g/mol. The van der Waals surface area contributed by atoms with Crippen LogP contribution < -0.4 is 10.6 Å². The molecule has 1 aromatic rings. The average molecular weight is 226 g/mol. The molecule has 5 nitrogen and oxygen atoms in total. The van der Waals surface area contributed by atoms with Crippen molar-refractivity contribution in [3.05, 3.63) is 5.51 Å². The molecule has 1 amide bonds. The lowest BCUT2D eigenvalue weighted by molar-refractivity contribution is -0.120. The maximum absolute atomic E-state index is 11.8. The molecule has 1 fully saturated rings. The molecule has 0 aliphatic carbocycles. The van der Waals surface area contributed by atoms with Crippen LogP contribution >= 0.6 is 11.3 Å². The lowest BCUT2D eigenvalue weighted by Crippen LogP contribution is -2.40. The molecule has 2 unspecified atom stereocenters. The lowest BCUT2D eigenvalue weighted by Gasteiger charge is -2.26. The third-order valence-electron chi connectivity index (χ3n) is 2.58. The number of aromatic nitrogens is 2. The lowest BCUT2D eigenvalue weighted by atomic mass is 9.93. The van der Waals surface area contributed by atoms with Crippen LogP contribution in [0.3, 0.4) is 0 Å². The highest BCUT2D eigenvalue weighted by Crippen LogP contribution is 2.18. The van der Waals surface area contributed by atoms with Gasteiger partial charge in [-0.1, -0.05) is 11.3 Å². The van der Waals surface area contributed by atoms with E-state index in [1.54, 1.807) is 5.51 Å². The molecule has 2 heterocycles. The third-order valence-corrected chi connectivity index (χ3v) is 3.19. The summed E-state index contributed by atoms with van der Waals surface area (Å²) in [5, 5.41) is 14.2. The van der Waals surface area contributed by atoms with E-state index < -0.39 is 0 Å². The van der Waals surface area contributed by atoms with Crippen molar-refractivity contribution in [3.8, 4) is 0 Å². The maximum atomic E-state index is 11.8. The van der Waals surface area contributed by atoms with Gasteiger partial charge >= 0.3 is 0 Å². The van der Waals surface area contributed by atoms with E-state index in [1.165, 1.54) is 11.3 Å². The van der Waals surface area contributed by atoms with Gasteiger partial charge in [-0.15, -0.1) is 10.2 Å². The Morgan fingerprint density at radius 1 is 1.73 bits per heavy atom. The Bertz CT molecular complexity index is 327. The van der Waals surface area contributed by atoms with E-state index in [2.05, 4.69) is 27.8 Å². The normalized spacial score (nSPS) is 26.2. The molecular weight excluding hydrogens is 212 g/mol. The number of piperidine rings is 1. The van der Waals surface area contributed by atoms with Crippen LogP contribution in [0.15, 0.2) is 5.51 Å². The average Bonchev–Trinajstić information content (AvgIpc) is 2.70. The van der Waals surface area contributed by atoms with E-state index >= 15 is 0 Å². The number of anilines is 1. The molecule has 1 aliphatic rings. The van der Waals surface area contributed by atoms with E-state index in [1.807, 2.05) is 0 Å². The number of nitrogens with zero attached hydrogens (tertiary/aromatic N) is 2. The first kappa shape index (κ1) is 10.5. The Morgan fingerprint density at radius 3 is 3.27 bits per heavy atom. The Balaban J connectivity index is 1.90. The largest absolute Gasteiger partial charge is 0.314 e. The Hall–Kier alpha value is -1.01. The zero-order valence-electron chi connectivity index (χ0n) is 8.56. The second-order valence-electron chi connectivity index (χ2n) is 3.81. The summed E-state index contributed by atoms with van der Waals surface area (Å²) in [4.78, 5) is 11.8. The summed E-state index contributed by atoms with van der Waals surface area (Å²) in [6, 6.07) is 0.420. The van der Waals surface area contributed by atoms with Crippen LogP contribution in [-0.2, 0) is 4.79 Å². The van der Waals surface area contributed by atoms with Gasteiger partial charge in [0.1, 0.15) is 5.51 Å². The van der Waals surface area contributed by atoms with E-state index in [-0.39, 0.29) is 11.8 Å². The standard InChI is InChI=1S/C9H14N4OS/c1-6-4-7(2-3-10-6)8(14)12-9-13-11-5-15-9/h5-7,10H,2-4H2,1H3,(H,12,13,14). The predicted octanol–water partition coefficient (Wildman–Crippen LogP) is 0.865. The van der Waals surface area contributed by atoms with Crippen molar-refractivity contribution in [1.82, 2.24) is 15.5 Å². The van der Waals surface area contributed by atoms with E-state index in [0.29, 0.717) is 11.2 Å². The van der Waals surface area contributed by atoms with Crippen LogP contribution in [0, 0.1) is 5.92 Å². The molecular formula is C9H14N4OS. The SMILES string of the molecule is CC1CC(C(=O)Nc2nncs2)CCN1. The van der Waals surface area contributed by atoms with Crippen molar-refractivity contribution in [3.63, 3.8) is 0 Å². The molecule has 0 saturated carbocycles. The highest BCUT2D eigenvalue weighted by atomic mass is 32.1. The van der Waals surface area contributed by atoms with Crippen molar-refractivity contribution in [2.45, 2.75) is 25.8 Å². The summed E-state index contributed by atoms with van der Waals surface area (Å²) in [5.74, 6) is 0.172. The van der Waals surface area contributed by atoms with E-state index in [0.717, 1.165) is 19.4 Å². The molecule has 1 saturated heterocycles. The number of carbonyl (C=O) groups excluding carboxylic acids is 1. The van der Waals surface area contributed by atoms with Crippen LogP contribution in [0.2, 0.25) is 0 Å². The minimum absolute atomic E-state index is 0.0695. The van der Waals surface area contributed by atoms with Gasteiger partial charge in [-0.2, -0.15) is 0 Å². The zero-order chi connectivity index (χ0) is 10.7. The minimum atomic E-state index is 0.0695. The first-order chi connectivity index (χ1) is 7.25. The molecule has 0 aromatic carbocycles. The highest BCUT2D eigenvalue weighted by molar-refractivity contribution is 7.13. The smallest absolute Gasteiger partial charge is 0.229 e. The number of amides is 1. The molecule has 1 aromatic heterocycles. The summed E-state index contributed by atoms with van der Waals surface area (Å²) in [7, 11) is 0. The number of carbonyl (C=O) groups is 1. The molecule has 2 atom stereocenters. The van der Waals surface area contributed by atoms with Crippen LogP contribution in [0.1, 0.15) is 19.8 Å². The van der Waals surface area contributed by atoms with Gasteiger partial charge in [0.2, 0.25) is 11.0 Å². The summed E-state index contributed by atoms with van der Waals surface area (Å²) in [6.07, 6.45) is 1.79. The van der Waals surface area contributed by atoms with Crippen LogP contribution in [-0.4, -0.2) is 28.7 Å². The van der Waals surface area contributed by atoms with Gasteiger partial charge in [0, 0.05) is 12.0 Å². The molecule has 0 radical (unpaired) electrons. The first-order valence-corrected chi connectivity index (χ1v) is 5.94. The fourth-order valence-corrected chi connectivity index (χ4v) is 2.25. The summed E-state index contributed by atoms with van der Waals surface area (Å²) < 4.78 is 0. The maximum Gasteiger partial charge on any atom is 0.229 e. The minimum Gasteiger partial charge on any atom is -0.314 e. The predicted molar refractivity (Wildman–Crippen MR) is 58.7 cm³/mol. The summed E-state index contributed by atoms with van der Waals surface area (Å²) in [6.45, 7) is 3.01. The Labute approximate surface area is 92.3 Å². The Morgan fingerprint density at radius 2 is 2.60 bits per heavy atom. The second-order valence-corrected chi connectivity index (χ2v) is 4.64. The van der Waals surface area contributed by atoms with Crippen molar-refractivity contribution in [1.29, 1.82) is 0 Å². The summed E-state index contributed by atoms with van der Waals surface area (Å²) >= 11 is 1.35. The van der Waals surface area contributed by atoms with Gasteiger partial charge in [-0.3, -0.25) is 4.79 Å². The van der Waals surface area contributed by atoms with Crippen molar-refractivity contribution in [2.24, 2.45) is 5.92 Å². The van der Waals surface area contributed by atoms with E-state index in [9.17, 15) is 4.79 Å². The number of hydrogen-bond donors (Lipinski definition) is 2. The molecule has 2 N–H and O–H groups in total. The first-order valence-electron chi connectivity index (χ1n) is 5.06. The second kappa shape index (κ2) is 4.67. The van der Waals surface area contributed by atoms with Gasteiger partial charge in [0.05, 0.1) is 0 Å². The molecule has 6 heteroatoms. The molecule has 0 spiro atoms. The highest BCUT2D eigenvalue weighted by Gasteiger charge is 2.25. The fraction of sp³-hybridized carbons (Fsp3) is 0.667. The van der Waals surface area contributed by atoms with Crippen LogP contribution in [0.4, 0.5) is 5.13 Å². The van der Waals surface area contributed by atoms with Crippen molar-refractivity contribution in [2.75, 3.05) is 11.9 Å². The van der Waals surface area contributed by atoms with Gasteiger partial charge in [0.25, 0.3) is 0 Å². The zero-order valence-corrected chi connectivity index (χ0v) is 9.38. The van der Waals surface area contributed by atoms with Crippen molar-refractivity contribution >= 4 is 22.4 Å². The molecule has 1 aliphatic heterocycles. The van der Waals surface area contributed by atoms with Crippen LogP contribution in [0.5, 0.6) is 0 Å². The van der Waals surface area contributed by atoms with Gasteiger partial charge in [-0.05, 0) is 26.3 Å². The van der Waals surface area contributed by atoms with Gasteiger partial charge < -0.3 is 10.6 Å². The van der Waals surface area contributed by atoms with Crippen LogP contribution in [0.25, 0.3) is 0 Å². The fourth-order valence-electron chi connectivity index (χ4n) is 1.81.